The van der Waals surface area contributed by atoms with Crippen LogP contribution < -0.4 is 0 Å². The van der Waals surface area contributed by atoms with E-state index in [2.05, 4.69) is 196 Å². The second-order valence-electron chi connectivity index (χ2n) is 17.1. The summed E-state index contributed by atoms with van der Waals surface area (Å²) >= 11 is 0. The van der Waals surface area contributed by atoms with Crippen molar-refractivity contribution >= 4 is 43.6 Å². The number of aromatic nitrogens is 2. The molecule has 2 aliphatic rings. The van der Waals surface area contributed by atoms with Crippen LogP contribution in [0, 0.1) is 0 Å². The smallest absolute Gasteiger partial charge is 0.0497 e. The van der Waals surface area contributed by atoms with Crippen LogP contribution in [0.5, 0.6) is 0 Å². The molecule has 1 aromatic heterocycles. The summed E-state index contributed by atoms with van der Waals surface area (Å²) in [5.41, 5.74) is 21.0. The first-order valence-corrected chi connectivity index (χ1v) is 20.4. The van der Waals surface area contributed by atoms with Crippen LogP contribution in [0.2, 0.25) is 0 Å². The van der Waals surface area contributed by atoms with E-state index in [9.17, 15) is 0 Å². The predicted molar refractivity (Wildman–Crippen MR) is 239 cm³/mol. The molecule has 2 heteroatoms. The third-order valence-electron chi connectivity index (χ3n) is 13.5. The number of hydrogen-bond acceptors (Lipinski definition) is 0. The summed E-state index contributed by atoms with van der Waals surface area (Å²) in [5.74, 6) is 0. The maximum atomic E-state index is 2.56. The van der Waals surface area contributed by atoms with Crippen LogP contribution in [0.3, 0.4) is 0 Å². The second-order valence-corrected chi connectivity index (χ2v) is 17.1. The molecule has 11 rings (SSSR count). The van der Waals surface area contributed by atoms with E-state index in [0.717, 1.165) is 13.1 Å². The van der Waals surface area contributed by atoms with Crippen LogP contribution in [-0.4, -0.2) is 9.13 Å². The Kier molecular flexibility index (Phi) is 6.94. The molecule has 9 aromatic rings. The number of benzene rings is 8. The van der Waals surface area contributed by atoms with E-state index in [1.807, 2.05) is 0 Å². The fourth-order valence-electron chi connectivity index (χ4n) is 10.7. The number of fused-ring (bicyclic) bond motifs is 8. The third kappa shape index (κ3) is 4.44. The van der Waals surface area contributed by atoms with Crippen molar-refractivity contribution in [1.82, 2.24) is 9.13 Å². The van der Waals surface area contributed by atoms with E-state index in [4.69, 9.17) is 0 Å². The molecule has 0 saturated heterocycles. The van der Waals surface area contributed by atoms with E-state index < -0.39 is 0 Å². The monoisotopic (exact) mass is 722 g/mol. The van der Waals surface area contributed by atoms with Gasteiger partial charge in [0, 0.05) is 67.9 Å². The van der Waals surface area contributed by atoms with Gasteiger partial charge in [-0.05, 0) is 129 Å². The number of nitrogens with zero attached hydrogens (tertiary/aromatic N) is 2. The minimum atomic E-state index is -0.0681. The van der Waals surface area contributed by atoms with Gasteiger partial charge >= 0.3 is 0 Å². The maximum Gasteiger partial charge on any atom is 0.0497 e. The van der Waals surface area contributed by atoms with Gasteiger partial charge in [0.1, 0.15) is 0 Å². The SMILES string of the molecule is CCn1c2cc3c(cccc3n(CC)c3cc4c(cccc41)cc3-c1ccc3c(c1)C(C)(C)c1ccccc1-3)cc2-c1ccc2c(c1)C(C)(C)c1ccccc1-2. The van der Waals surface area contributed by atoms with Crippen LogP contribution in [-0.2, 0) is 23.9 Å². The Morgan fingerprint density at radius 3 is 1.20 bits per heavy atom. The summed E-state index contributed by atoms with van der Waals surface area (Å²) in [4.78, 5) is 0. The van der Waals surface area contributed by atoms with Crippen molar-refractivity contribution < 1.29 is 0 Å². The van der Waals surface area contributed by atoms with Gasteiger partial charge in [-0.3, -0.25) is 0 Å². The Balaban J connectivity index is 1.22. The molecule has 0 fully saturated rings. The van der Waals surface area contributed by atoms with Gasteiger partial charge in [-0.15, -0.1) is 0 Å². The zero-order valence-corrected chi connectivity index (χ0v) is 33.2. The van der Waals surface area contributed by atoms with Crippen molar-refractivity contribution in [3.63, 3.8) is 0 Å². The van der Waals surface area contributed by atoms with Crippen LogP contribution in [0.25, 0.3) is 88.1 Å². The lowest BCUT2D eigenvalue weighted by Gasteiger charge is -2.23. The van der Waals surface area contributed by atoms with E-state index in [-0.39, 0.29) is 10.8 Å². The van der Waals surface area contributed by atoms with Gasteiger partial charge in [0.05, 0.1) is 0 Å². The normalized spacial score (nSPS) is 14.7. The van der Waals surface area contributed by atoms with Gasteiger partial charge in [0.15, 0.2) is 0 Å². The molecular weight excluding hydrogens is 677 g/mol. The minimum Gasteiger partial charge on any atom is -0.341 e. The molecule has 0 atom stereocenters. The van der Waals surface area contributed by atoms with Crippen molar-refractivity contribution in [2.75, 3.05) is 0 Å². The summed E-state index contributed by atoms with van der Waals surface area (Å²) in [5, 5.41) is 5.06. The summed E-state index contributed by atoms with van der Waals surface area (Å²) in [6.07, 6.45) is 0. The average molecular weight is 723 g/mol. The zero-order valence-electron chi connectivity index (χ0n) is 33.2. The van der Waals surface area contributed by atoms with E-state index in [1.165, 1.54) is 110 Å². The molecule has 56 heavy (non-hydrogen) atoms. The highest BCUT2D eigenvalue weighted by molar-refractivity contribution is 6.09. The topological polar surface area (TPSA) is 9.86 Å². The fraction of sp³-hybridized carbons (Fsp3) is 0.185. The molecule has 272 valence electrons. The maximum absolute atomic E-state index is 2.56. The summed E-state index contributed by atoms with van der Waals surface area (Å²) < 4.78 is 5.11. The number of rotatable bonds is 4. The van der Waals surface area contributed by atoms with Crippen molar-refractivity contribution in [3.05, 3.63) is 168 Å². The van der Waals surface area contributed by atoms with E-state index >= 15 is 0 Å². The second kappa shape index (κ2) is 11.7. The lowest BCUT2D eigenvalue weighted by Crippen LogP contribution is -2.15. The van der Waals surface area contributed by atoms with Gasteiger partial charge in [-0.2, -0.15) is 0 Å². The quantitative estimate of drug-likeness (QED) is 0.171. The molecule has 8 aromatic carbocycles. The molecule has 0 N–H and O–H groups in total. The van der Waals surface area contributed by atoms with Gasteiger partial charge in [0.25, 0.3) is 0 Å². The van der Waals surface area contributed by atoms with Crippen molar-refractivity contribution in [3.8, 4) is 44.5 Å². The molecular formula is C54H46N2. The summed E-state index contributed by atoms with van der Waals surface area (Å²) in [6, 6.07) is 55.9. The largest absolute Gasteiger partial charge is 0.341 e. The third-order valence-corrected chi connectivity index (χ3v) is 13.5. The van der Waals surface area contributed by atoms with E-state index in [1.54, 1.807) is 0 Å². The van der Waals surface area contributed by atoms with Crippen molar-refractivity contribution in [2.24, 2.45) is 0 Å². The highest BCUT2D eigenvalue weighted by Gasteiger charge is 2.36. The highest BCUT2D eigenvalue weighted by Crippen LogP contribution is 2.51. The van der Waals surface area contributed by atoms with Crippen LogP contribution in [0.15, 0.2) is 146 Å². The standard InChI is InChI=1S/C54H46N2/c1-7-55-49-21-13-15-33-28-42(36-24-26-40-38-18-10-12-20-46(38)54(5,6)48(40)30-36)52(32-43(33)49)56(8-2)50-22-14-16-34-27-41(51(55)31-44(34)50)35-23-25-39-37-17-9-11-19-45(37)53(3,4)47(39)29-35/h9-32H,7-8H2,1-6H3. The molecule has 0 unspecified atom stereocenters. The summed E-state index contributed by atoms with van der Waals surface area (Å²) in [6.45, 7) is 15.8. The van der Waals surface area contributed by atoms with E-state index in [0.29, 0.717) is 0 Å². The molecule has 0 amide bonds. The Morgan fingerprint density at radius 1 is 0.357 bits per heavy atom. The lowest BCUT2D eigenvalue weighted by atomic mass is 9.81. The molecule has 1 heterocycles. The first-order valence-electron chi connectivity index (χ1n) is 20.4. The van der Waals surface area contributed by atoms with Crippen molar-refractivity contribution in [2.45, 2.75) is 65.5 Å². The average Bonchev–Trinajstić information content (AvgIpc) is 3.60. The Morgan fingerprint density at radius 2 is 0.768 bits per heavy atom. The van der Waals surface area contributed by atoms with Crippen LogP contribution in [0.1, 0.15) is 63.8 Å². The van der Waals surface area contributed by atoms with Crippen LogP contribution in [0.4, 0.5) is 0 Å². The van der Waals surface area contributed by atoms with Gasteiger partial charge in [-0.1, -0.05) is 125 Å². The van der Waals surface area contributed by atoms with Gasteiger partial charge in [0.2, 0.25) is 0 Å². The molecule has 2 aliphatic carbocycles. The van der Waals surface area contributed by atoms with Gasteiger partial charge < -0.3 is 9.13 Å². The zero-order chi connectivity index (χ0) is 38.1. The molecule has 0 aliphatic heterocycles. The van der Waals surface area contributed by atoms with Crippen molar-refractivity contribution in [1.29, 1.82) is 0 Å². The number of hydrogen-bond donors (Lipinski definition) is 0. The molecule has 4 bridgehead atoms. The Hall–Kier alpha value is -6.12. The molecule has 0 saturated carbocycles. The first kappa shape index (κ1) is 33.2. The first-order chi connectivity index (χ1) is 27.2. The molecule has 0 radical (unpaired) electrons. The highest BCUT2D eigenvalue weighted by atomic mass is 15.0. The lowest BCUT2D eigenvalue weighted by molar-refractivity contribution is 0.660. The Bertz CT molecular complexity index is 2950. The molecule has 2 nitrogen and oxygen atoms in total. The Labute approximate surface area is 329 Å². The molecule has 0 spiro atoms. The van der Waals surface area contributed by atoms with Gasteiger partial charge in [-0.25, -0.2) is 0 Å². The van der Waals surface area contributed by atoms with Crippen LogP contribution >= 0.6 is 0 Å². The summed E-state index contributed by atoms with van der Waals surface area (Å²) in [7, 11) is 0. The number of aryl methyl sites for hydroxylation is 2. The minimum absolute atomic E-state index is 0.0681. The fourth-order valence-corrected chi connectivity index (χ4v) is 10.7. The predicted octanol–water partition coefficient (Wildman–Crippen LogP) is 14.5.